The van der Waals surface area contributed by atoms with Crippen LogP contribution in [-0.4, -0.2) is 22.6 Å². The number of carbonyl (C=O) groups is 1. The fourth-order valence-electron chi connectivity index (χ4n) is 4.05. The summed E-state index contributed by atoms with van der Waals surface area (Å²) in [6.45, 7) is 1.86. The van der Waals surface area contributed by atoms with Crippen molar-refractivity contribution < 1.29 is 14.3 Å². The van der Waals surface area contributed by atoms with Crippen LogP contribution >= 0.6 is 0 Å². The zero-order valence-corrected chi connectivity index (χ0v) is 20.7. The van der Waals surface area contributed by atoms with Crippen LogP contribution < -0.4 is 25.8 Å². The summed E-state index contributed by atoms with van der Waals surface area (Å²) in [5.41, 5.74) is 10.5. The molecule has 5 aromatic rings. The Morgan fingerprint density at radius 3 is 2.53 bits per heavy atom. The van der Waals surface area contributed by atoms with E-state index in [1.54, 1.807) is 48.2 Å². The molecule has 9 heteroatoms. The summed E-state index contributed by atoms with van der Waals surface area (Å²) in [6.07, 6.45) is 3.20. The number of hydrogen-bond acceptors (Lipinski definition) is 7. The third-order valence-corrected chi connectivity index (χ3v) is 5.98. The highest BCUT2D eigenvalue weighted by Gasteiger charge is 2.18. The Morgan fingerprint density at radius 2 is 1.79 bits per heavy atom. The summed E-state index contributed by atoms with van der Waals surface area (Å²) in [5.74, 6) is 1.72. The molecule has 0 bridgehead atoms. The zero-order valence-electron chi connectivity index (χ0n) is 20.7. The van der Waals surface area contributed by atoms with E-state index in [0.29, 0.717) is 51.0 Å². The lowest BCUT2D eigenvalue weighted by Gasteiger charge is -2.12. The molecule has 3 aromatic carbocycles. The standard InChI is InChI=1S/C29H24N6O3/c1-18-26(34-29(36)19-5-3-6-21(31)13-19)17-35-28(18)27(20(15-30)16-32-35)33-22-9-11-23(12-10-22)38-25-8-4-7-24(14-25)37-2/h3-14,16-17,33H,31H2,1-2H3,(H,34,36). The van der Waals surface area contributed by atoms with E-state index in [1.807, 2.05) is 49.4 Å². The average Bonchev–Trinajstić information content (AvgIpc) is 3.25. The monoisotopic (exact) mass is 504 g/mol. The number of fused-ring (bicyclic) bond motifs is 1. The van der Waals surface area contributed by atoms with Gasteiger partial charge >= 0.3 is 0 Å². The lowest BCUT2D eigenvalue weighted by atomic mass is 10.1. The molecule has 188 valence electrons. The molecule has 0 aliphatic carbocycles. The largest absolute Gasteiger partial charge is 0.497 e. The molecule has 0 spiro atoms. The fourth-order valence-corrected chi connectivity index (χ4v) is 4.05. The predicted molar refractivity (Wildman–Crippen MR) is 146 cm³/mol. The van der Waals surface area contributed by atoms with Gasteiger partial charge in [0.1, 0.15) is 23.3 Å². The van der Waals surface area contributed by atoms with Crippen LogP contribution in [0.3, 0.4) is 0 Å². The molecule has 5 rings (SSSR count). The van der Waals surface area contributed by atoms with Crippen LogP contribution in [-0.2, 0) is 0 Å². The Morgan fingerprint density at radius 1 is 1.03 bits per heavy atom. The molecule has 0 unspecified atom stereocenters. The van der Waals surface area contributed by atoms with Crippen LogP contribution in [0.1, 0.15) is 21.5 Å². The highest BCUT2D eigenvalue weighted by atomic mass is 16.5. The number of rotatable bonds is 7. The zero-order chi connectivity index (χ0) is 26.6. The number of carbonyl (C=O) groups excluding carboxylic acids is 1. The number of benzene rings is 3. The van der Waals surface area contributed by atoms with E-state index in [2.05, 4.69) is 21.8 Å². The minimum atomic E-state index is -0.294. The molecule has 1 amide bonds. The van der Waals surface area contributed by atoms with E-state index < -0.39 is 0 Å². The number of nitrogens with two attached hydrogens (primary N) is 1. The van der Waals surface area contributed by atoms with Gasteiger partial charge in [0.25, 0.3) is 5.91 Å². The van der Waals surface area contributed by atoms with Gasteiger partial charge in [-0.05, 0) is 61.5 Å². The van der Waals surface area contributed by atoms with Crippen LogP contribution in [0.5, 0.6) is 17.2 Å². The number of amides is 1. The molecule has 4 N–H and O–H groups in total. The molecule has 0 saturated carbocycles. The van der Waals surface area contributed by atoms with Crippen molar-refractivity contribution in [3.05, 3.63) is 102 Å². The van der Waals surface area contributed by atoms with Crippen molar-refractivity contribution in [2.24, 2.45) is 0 Å². The highest BCUT2D eigenvalue weighted by molar-refractivity contribution is 6.06. The number of nitriles is 1. The third-order valence-electron chi connectivity index (χ3n) is 5.98. The number of nitrogens with zero attached hydrogens (tertiary/aromatic N) is 3. The van der Waals surface area contributed by atoms with Crippen LogP contribution in [0.25, 0.3) is 5.52 Å². The second-order valence-corrected chi connectivity index (χ2v) is 8.52. The molecule has 0 radical (unpaired) electrons. The second-order valence-electron chi connectivity index (χ2n) is 8.52. The van der Waals surface area contributed by atoms with Crippen molar-refractivity contribution in [3.63, 3.8) is 0 Å². The Hall–Kier alpha value is -5.49. The maximum atomic E-state index is 12.8. The van der Waals surface area contributed by atoms with Gasteiger partial charge in [-0.3, -0.25) is 4.79 Å². The summed E-state index contributed by atoms with van der Waals surface area (Å²) in [5, 5.41) is 20.4. The molecular formula is C29H24N6O3. The van der Waals surface area contributed by atoms with Crippen molar-refractivity contribution in [2.45, 2.75) is 6.92 Å². The summed E-state index contributed by atoms with van der Waals surface area (Å²) >= 11 is 0. The lowest BCUT2D eigenvalue weighted by molar-refractivity contribution is 0.102. The molecule has 0 aliphatic rings. The van der Waals surface area contributed by atoms with Gasteiger partial charge in [-0.15, -0.1) is 0 Å². The predicted octanol–water partition coefficient (Wildman–Crippen LogP) is 5.89. The maximum Gasteiger partial charge on any atom is 0.255 e. The van der Waals surface area contributed by atoms with Crippen LogP contribution in [0.2, 0.25) is 0 Å². The first-order chi connectivity index (χ1) is 18.4. The second kappa shape index (κ2) is 10.2. The van der Waals surface area contributed by atoms with Crippen molar-refractivity contribution >= 4 is 34.2 Å². The smallest absolute Gasteiger partial charge is 0.255 e. The Bertz CT molecular complexity index is 1690. The summed E-state index contributed by atoms with van der Waals surface area (Å²) < 4.78 is 12.8. The molecule has 0 atom stereocenters. The van der Waals surface area contributed by atoms with Crippen molar-refractivity contribution in [1.29, 1.82) is 5.26 Å². The number of aryl methyl sites for hydroxylation is 1. The summed E-state index contributed by atoms with van der Waals surface area (Å²) in [4.78, 5) is 12.8. The number of methoxy groups -OCH3 is 1. The van der Waals surface area contributed by atoms with Gasteiger partial charge in [0.05, 0.1) is 42.0 Å². The van der Waals surface area contributed by atoms with E-state index >= 15 is 0 Å². The van der Waals surface area contributed by atoms with E-state index in [0.717, 1.165) is 11.3 Å². The lowest BCUT2D eigenvalue weighted by Crippen LogP contribution is -2.12. The normalized spacial score (nSPS) is 10.6. The number of aromatic nitrogens is 2. The van der Waals surface area contributed by atoms with Gasteiger partial charge in [-0.2, -0.15) is 10.4 Å². The number of nitrogens with one attached hydrogen (secondary N) is 2. The SMILES string of the molecule is COc1cccc(Oc2ccc(Nc3c(C#N)cnn4cc(NC(=O)c5cccc(N)c5)c(C)c34)cc2)c1. The van der Waals surface area contributed by atoms with Crippen LogP contribution in [0, 0.1) is 18.3 Å². The number of nitrogen functional groups attached to an aromatic ring is 1. The van der Waals surface area contributed by atoms with Gasteiger partial charge in [0, 0.05) is 28.6 Å². The summed E-state index contributed by atoms with van der Waals surface area (Å²) in [6, 6.07) is 23.7. The quantitative estimate of drug-likeness (QED) is 0.236. The van der Waals surface area contributed by atoms with Crippen LogP contribution in [0.4, 0.5) is 22.7 Å². The van der Waals surface area contributed by atoms with Gasteiger partial charge in [-0.25, -0.2) is 4.52 Å². The van der Waals surface area contributed by atoms with E-state index in [-0.39, 0.29) is 5.91 Å². The molecule has 38 heavy (non-hydrogen) atoms. The van der Waals surface area contributed by atoms with Crippen molar-refractivity contribution in [2.75, 3.05) is 23.5 Å². The minimum absolute atomic E-state index is 0.294. The number of anilines is 4. The van der Waals surface area contributed by atoms with E-state index in [9.17, 15) is 10.1 Å². The molecule has 9 nitrogen and oxygen atoms in total. The minimum Gasteiger partial charge on any atom is -0.497 e. The fraction of sp³-hybridized carbons (Fsp3) is 0.0690. The Labute approximate surface area is 219 Å². The van der Waals surface area contributed by atoms with Crippen molar-refractivity contribution in [1.82, 2.24) is 9.61 Å². The van der Waals surface area contributed by atoms with E-state index in [4.69, 9.17) is 15.2 Å². The molecular weight excluding hydrogens is 480 g/mol. The maximum absolute atomic E-state index is 12.8. The Kier molecular flexibility index (Phi) is 6.53. The topological polar surface area (TPSA) is 127 Å². The molecule has 2 aromatic heterocycles. The number of ether oxygens (including phenoxy) is 2. The van der Waals surface area contributed by atoms with Crippen molar-refractivity contribution in [3.8, 4) is 23.3 Å². The first-order valence-corrected chi connectivity index (χ1v) is 11.7. The number of hydrogen-bond donors (Lipinski definition) is 3. The highest BCUT2D eigenvalue weighted by Crippen LogP contribution is 2.33. The molecule has 0 fully saturated rings. The third kappa shape index (κ3) is 4.92. The Balaban J connectivity index is 1.42. The van der Waals surface area contributed by atoms with Gasteiger partial charge in [-0.1, -0.05) is 12.1 Å². The molecule has 0 aliphatic heterocycles. The molecule has 2 heterocycles. The first-order valence-electron chi connectivity index (χ1n) is 11.7. The van der Waals surface area contributed by atoms with Crippen LogP contribution in [0.15, 0.2) is 85.2 Å². The van der Waals surface area contributed by atoms with Gasteiger partial charge in [0.2, 0.25) is 0 Å². The van der Waals surface area contributed by atoms with Gasteiger partial charge < -0.3 is 25.8 Å². The summed E-state index contributed by atoms with van der Waals surface area (Å²) in [7, 11) is 1.61. The average molecular weight is 505 g/mol. The van der Waals surface area contributed by atoms with E-state index in [1.165, 1.54) is 6.20 Å². The van der Waals surface area contributed by atoms with Gasteiger partial charge in [0.15, 0.2) is 0 Å². The molecule has 0 saturated heterocycles. The first kappa shape index (κ1) is 24.2.